The van der Waals surface area contributed by atoms with Crippen molar-refractivity contribution in [2.75, 3.05) is 7.05 Å². The van der Waals surface area contributed by atoms with Gasteiger partial charge < -0.3 is 5.32 Å². The van der Waals surface area contributed by atoms with Gasteiger partial charge in [0.15, 0.2) is 0 Å². The van der Waals surface area contributed by atoms with Gasteiger partial charge >= 0.3 is 0 Å². The molecule has 1 atom stereocenters. The quantitative estimate of drug-likeness (QED) is 0.872. The van der Waals surface area contributed by atoms with E-state index >= 15 is 0 Å². The zero-order chi connectivity index (χ0) is 12.0. The lowest BCUT2D eigenvalue weighted by Gasteiger charge is -2.24. The summed E-state index contributed by atoms with van der Waals surface area (Å²) in [6, 6.07) is 2.36. The Labute approximate surface area is 105 Å². The molecule has 0 fully saturated rings. The molecule has 1 heterocycles. The second-order valence-electron chi connectivity index (χ2n) is 3.82. The van der Waals surface area contributed by atoms with Gasteiger partial charge in [0.1, 0.15) is 5.54 Å². The van der Waals surface area contributed by atoms with Crippen molar-refractivity contribution >= 4 is 15.9 Å². The summed E-state index contributed by atoms with van der Waals surface area (Å²) >= 11 is 3.36. The number of hydrogen-bond donors (Lipinski definition) is 1. The molecule has 0 amide bonds. The lowest BCUT2D eigenvalue weighted by Crippen LogP contribution is -2.40. The van der Waals surface area contributed by atoms with Gasteiger partial charge in [-0.3, -0.25) is 4.68 Å². The number of aryl methyl sites for hydroxylation is 1. The van der Waals surface area contributed by atoms with Crippen molar-refractivity contribution in [1.29, 1.82) is 5.26 Å². The van der Waals surface area contributed by atoms with Gasteiger partial charge in [-0.05, 0) is 42.2 Å². The Kier molecular flexibility index (Phi) is 4.97. The first-order valence-corrected chi connectivity index (χ1v) is 6.23. The summed E-state index contributed by atoms with van der Waals surface area (Å²) in [6.45, 7) is 2.88. The summed E-state index contributed by atoms with van der Waals surface area (Å²) in [5.74, 6) is 0. The zero-order valence-electron chi connectivity index (χ0n) is 9.70. The van der Waals surface area contributed by atoms with Crippen molar-refractivity contribution in [2.24, 2.45) is 0 Å². The van der Waals surface area contributed by atoms with Gasteiger partial charge in [0.05, 0.1) is 16.7 Å². The third-order valence-corrected chi connectivity index (χ3v) is 3.30. The molecular weight excluding hydrogens is 268 g/mol. The summed E-state index contributed by atoms with van der Waals surface area (Å²) in [6.07, 6.45) is 6.32. The average molecular weight is 285 g/mol. The zero-order valence-corrected chi connectivity index (χ0v) is 11.3. The molecule has 1 rings (SSSR count). The van der Waals surface area contributed by atoms with E-state index < -0.39 is 0 Å². The van der Waals surface area contributed by atoms with Crippen molar-refractivity contribution in [1.82, 2.24) is 15.1 Å². The van der Waals surface area contributed by atoms with Crippen LogP contribution in [0.3, 0.4) is 0 Å². The molecule has 16 heavy (non-hydrogen) atoms. The Morgan fingerprint density at radius 2 is 2.44 bits per heavy atom. The van der Waals surface area contributed by atoms with Crippen molar-refractivity contribution in [2.45, 2.75) is 38.3 Å². The Morgan fingerprint density at radius 1 is 1.69 bits per heavy atom. The first-order valence-electron chi connectivity index (χ1n) is 5.44. The summed E-state index contributed by atoms with van der Waals surface area (Å²) in [5.41, 5.74) is -0.385. The SMILES string of the molecule is CCC(C#N)(CCCn1cc(Br)cn1)NC. The molecule has 0 aliphatic heterocycles. The second-order valence-corrected chi connectivity index (χ2v) is 4.74. The minimum Gasteiger partial charge on any atom is -0.302 e. The number of nitrogens with zero attached hydrogens (tertiary/aromatic N) is 3. The maximum absolute atomic E-state index is 9.14. The van der Waals surface area contributed by atoms with E-state index in [1.165, 1.54) is 0 Å². The van der Waals surface area contributed by atoms with E-state index in [4.69, 9.17) is 5.26 Å². The fourth-order valence-electron chi connectivity index (χ4n) is 1.67. The van der Waals surface area contributed by atoms with Gasteiger partial charge in [0, 0.05) is 12.7 Å². The van der Waals surface area contributed by atoms with Crippen molar-refractivity contribution in [3.63, 3.8) is 0 Å². The lowest BCUT2D eigenvalue weighted by atomic mass is 9.92. The summed E-state index contributed by atoms with van der Waals surface area (Å²) in [5, 5.41) is 16.4. The Morgan fingerprint density at radius 3 is 2.88 bits per heavy atom. The maximum atomic E-state index is 9.14. The highest BCUT2D eigenvalue weighted by molar-refractivity contribution is 9.10. The monoisotopic (exact) mass is 284 g/mol. The lowest BCUT2D eigenvalue weighted by molar-refractivity contribution is 0.375. The normalized spacial score (nSPS) is 14.4. The summed E-state index contributed by atoms with van der Waals surface area (Å²) < 4.78 is 2.88. The van der Waals surface area contributed by atoms with Gasteiger partial charge in [-0.15, -0.1) is 0 Å². The van der Waals surface area contributed by atoms with Crippen LogP contribution in [0.2, 0.25) is 0 Å². The van der Waals surface area contributed by atoms with Crippen LogP contribution in [-0.2, 0) is 6.54 Å². The number of aromatic nitrogens is 2. The van der Waals surface area contributed by atoms with Gasteiger partial charge in [0.25, 0.3) is 0 Å². The molecule has 0 aliphatic carbocycles. The van der Waals surface area contributed by atoms with Crippen molar-refractivity contribution in [3.8, 4) is 6.07 Å². The van der Waals surface area contributed by atoms with Gasteiger partial charge in [0.2, 0.25) is 0 Å². The minimum atomic E-state index is -0.385. The molecule has 0 spiro atoms. The van der Waals surface area contributed by atoms with Crippen LogP contribution in [0.1, 0.15) is 26.2 Å². The van der Waals surface area contributed by atoms with E-state index in [2.05, 4.69) is 32.4 Å². The molecule has 0 saturated heterocycles. The smallest absolute Gasteiger partial charge is 0.106 e. The predicted molar refractivity (Wildman–Crippen MR) is 66.9 cm³/mol. The van der Waals surface area contributed by atoms with Gasteiger partial charge in [-0.25, -0.2) is 0 Å². The van der Waals surface area contributed by atoms with Crippen LogP contribution in [0.4, 0.5) is 0 Å². The molecule has 0 bridgehead atoms. The molecule has 0 aliphatic rings. The third kappa shape index (κ3) is 3.32. The minimum absolute atomic E-state index is 0.385. The molecule has 5 heteroatoms. The Bertz CT molecular complexity index is 362. The van der Waals surface area contributed by atoms with Crippen LogP contribution >= 0.6 is 15.9 Å². The summed E-state index contributed by atoms with van der Waals surface area (Å²) in [7, 11) is 1.84. The van der Waals surface area contributed by atoms with E-state index in [1.807, 2.05) is 24.9 Å². The molecule has 0 aromatic carbocycles. The molecular formula is C11H17BrN4. The predicted octanol–water partition coefficient (Wildman–Crippen LogP) is 2.32. The number of halogens is 1. The number of rotatable bonds is 6. The van der Waals surface area contributed by atoms with Crippen molar-refractivity contribution < 1.29 is 0 Å². The molecule has 0 saturated carbocycles. The van der Waals surface area contributed by atoms with E-state index in [9.17, 15) is 0 Å². The topological polar surface area (TPSA) is 53.6 Å². The third-order valence-electron chi connectivity index (χ3n) is 2.89. The van der Waals surface area contributed by atoms with Crippen LogP contribution in [0.15, 0.2) is 16.9 Å². The first kappa shape index (κ1) is 13.2. The van der Waals surface area contributed by atoms with Gasteiger partial charge in [-0.1, -0.05) is 6.92 Å². The number of hydrogen-bond acceptors (Lipinski definition) is 3. The van der Waals surface area contributed by atoms with Crippen LogP contribution in [0.5, 0.6) is 0 Å². The van der Waals surface area contributed by atoms with Crippen LogP contribution in [-0.4, -0.2) is 22.4 Å². The highest BCUT2D eigenvalue weighted by Gasteiger charge is 2.24. The van der Waals surface area contributed by atoms with E-state index in [0.717, 1.165) is 30.3 Å². The fraction of sp³-hybridized carbons (Fsp3) is 0.636. The fourth-order valence-corrected chi connectivity index (χ4v) is 2.00. The standard InChI is InChI=1S/C11H17BrN4/c1-3-11(9-13,14-2)5-4-6-16-8-10(12)7-15-16/h7-8,14H,3-6H2,1-2H3. The average Bonchev–Trinajstić information content (AvgIpc) is 2.71. The molecule has 1 aromatic heterocycles. The van der Waals surface area contributed by atoms with Crippen molar-refractivity contribution in [3.05, 3.63) is 16.9 Å². The molecule has 0 radical (unpaired) electrons. The first-order chi connectivity index (χ1) is 7.65. The molecule has 1 aromatic rings. The van der Waals surface area contributed by atoms with Crippen LogP contribution in [0, 0.1) is 11.3 Å². The second kappa shape index (κ2) is 6.02. The number of nitriles is 1. The highest BCUT2D eigenvalue weighted by atomic mass is 79.9. The Hall–Kier alpha value is -0.860. The summed E-state index contributed by atoms with van der Waals surface area (Å²) in [4.78, 5) is 0. The molecule has 4 nitrogen and oxygen atoms in total. The molecule has 1 unspecified atom stereocenters. The molecule has 1 N–H and O–H groups in total. The highest BCUT2D eigenvalue weighted by Crippen LogP contribution is 2.16. The molecule has 88 valence electrons. The van der Waals surface area contributed by atoms with Crippen LogP contribution < -0.4 is 5.32 Å². The van der Waals surface area contributed by atoms with E-state index in [-0.39, 0.29) is 5.54 Å². The maximum Gasteiger partial charge on any atom is 0.106 e. The largest absolute Gasteiger partial charge is 0.302 e. The van der Waals surface area contributed by atoms with Gasteiger partial charge in [-0.2, -0.15) is 10.4 Å². The Balaban J connectivity index is 2.43. The van der Waals surface area contributed by atoms with E-state index in [1.54, 1.807) is 6.20 Å². The van der Waals surface area contributed by atoms with Crippen LogP contribution in [0.25, 0.3) is 0 Å². The number of nitrogens with one attached hydrogen (secondary N) is 1. The van der Waals surface area contributed by atoms with E-state index in [0.29, 0.717) is 0 Å².